The van der Waals surface area contributed by atoms with Crippen molar-refractivity contribution >= 4 is 5.78 Å². The summed E-state index contributed by atoms with van der Waals surface area (Å²) in [5.74, 6) is 1.84. The van der Waals surface area contributed by atoms with Crippen molar-refractivity contribution < 1.29 is 9.53 Å². The molecule has 0 bridgehead atoms. The number of Topliss-reactive ketones (excluding diaryl/α,β-unsaturated/α-hetero) is 1. The van der Waals surface area contributed by atoms with Gasteiger partial charge < -0.3 is 4.74 Å². The van der Waals surface area contributed by atoms with Crippen LogP contribution in [0.15, 0.2) is 30.4 Å². The van der Waals surface area contributed by atoms with Crippen molar-refractivity contribution in [2.75, 3.05) is 7.11 Å². The van der Waals surface area contributed by atoms with Crippen LogP contribution in [0.4, 0.5) is 0 Å². The van der Waals surface area contributed by atoms with E-state index in [1.807, 2.05) is 18.2 Å². The Morgan fingerprint density at radius 2 is 2.17 bits per heavy atom. The molecular weight excluding hydrogens is 224 g/mol. The summed E-state index contributed by atoms with van der Waals surface area (Å²) >= 11 is 0. The highest BCUT2D eigenvalue weighted by Crippen LogP contribution is 2.36. The summed E-state index contributed by atoms with van der Waals surface area (Å²) in [5.41, 5.74) is 2.06. The SMILES string of the molecule is COc1ccc2c(c1)CC[C@H]([C@H]1C=CCC1)C2=O. The Bertz CT molecular complexity index is 502. The number of carbonyl (C=O) groups is 1. The van der Waals surface area contributed by atoms with Gasteiger partial charge in [0.25, 0.3) is 0 Å². The number of methoxy groups -OCH3 is 1. The van der Waals surface area contributed by atoms with E-state index < -0.39 is 0 Å². The van der Waals surface area contributed by atoms with Gasteiger partial charge in [0.2, 0.25) is 0 Å². The molecule has 2 atom stereocenters. The van der Waals surface area contributed by atoms with Gasteiger partial charge in [-0.25, -0.2) is 0 Å². The van der Waals surface area contributed by atoms with Crippen molar-refractivity contribution in [3.05, 3.63) is 41.5 Å². The Morgan fingerprint density at radius 1 is 1.28 bits per heavy atom. The highest BCUT2D eigenvalue weighted by atomic mass is 16.5. The highest BCUT2D eigenvalue weighted by molar-refractivity contribution is 6.00. The number of ketones is 1. The first kappa shape index (κ1) is 11.5. The lowest BCUT2D eigenvalue weighted by molar-refractivity contribution is 0.0867. The second-order valence-electron chi connectivity index (χ2n) is 5.20. The second kappa shape index (κ2) is 4.60. The molecule has 0 amide bonds. The fraction of sp³-hybridized carbons (Fsp3) is 0.438. The molecule has 0 aliphatic heterocycles. The van der Waals surface area contributed by atoms with Crippen LogP contribution in [0.5, 0.6) is 5.75 Å². The summed E-state index contributed by atoms with van der Waals surface area (Å²) in [6, 6.07) is 5.83. The molecule has 2 aliphatic carbocycles. The molecule has 2 heteroatoms. The Kier molecular flexibility index (Phi) is 2.94. The van der Waals surface area contributed by atoms with Crippen LogP contribution in [-0.4, -0.2) is 12.9 Å². The molecule has 0 aromatic heterocycles. The van der Waals surface area contributed by atoms with Gasteiger partial charge in [0.05, 0.1) is 7.11 Å². The zero-order chi connectivity index (χ0) is 12.5. The van der Waals surface area contributed by atoms with Gasteiger partial charge in [0.1, 0.15) is 5.75 Å². The Hall–Kier alpha value is -1.57. The predicted molar refractivity (Wildman–Crippen MR) is 71.0 cm³/mol. The molecule has 0 fully saturated rings. The van der Waals surface area contributed by atoms with Crippen molar-refractivity contribution in [2.24, 2.45) is 11.8 Å². The van der Waals surface area contributed by atoms with Crippen LogP contribution in [0.2, 0.25) is 0 Å². The van der Waals surface area contributed by atoms with Gasteiger partial charge in [0, 0.05) is 11.5 Å². The monoisotopic (exact) mass is 242 g/mol. The van der Waals surface area contributed by atoms with Crippen LogP contribution in [0.1, 0.15) is 35.2 Å². The third-order valence-electron chi connectivity index (χ3n) is 4.21. The minimum atomic E-state index is 0.199. The predicted octanol–water partition coefficient (Wildman–Crippen LogP) is 3.41. The molecule has 3 rings (SSSR count). The molecule has 0 saturated heterocycles. The molecule has 0 radical (unpaired) electrons. The quantitative estimate of drug-likeness (QED) is 0.743. The van der Waals surface area contributed by atoms with Crippen LogP contribution in [0, 0.1) is 11.8 Å². The largest absolute Gasteiger partial charge is 0.497 e. The maximum atomic E-state index is 12.5. The summed E-state index contributed by atoms with van der Waals surface area (Å²) in [6.07, 6.45) is 8.69. The van der Waals surface area contributed by atoms with E-state index in [0.717, 1.165) is 42.6 Å². The standard InChI is InChI=1S/C16H18O2/c1-18-13-7-9-15-12(10-13)6-8-14(16(15)17)11-4-2-3-5-11/h2,4,7,9-11,14H,3,5-6,8H2,1H3/t11-,14+/m0/s1. The average Bonchev–Trinajstić information content (AvgIpc) is 2.92. The van der Waals surface area contributed by atoms with E-state index in [4.69, 9.17) is 4.74 Å². The van der Waals surface area contributed by atoms with Gasteiger partial charge >= 0.3 is 0 Å². The molecule has 0 heterocycles. The smallest absolute Gasteiger partial charge is 0.166 e. The number of aryl methyl sites for hydroxylation is 1. The fourth-order valence-corrected chi connectivity index (χ4v) is 3.19. The molecule has 1 aromatic rings. The normalized spacial score (nSPS) is 26.2. The molecule has 0 N–H and O–H groups in total. The fourth-order valence-electron chi connectivity index (χ4n) is 3.19. The van der Waals surface area contributed by atoms with E-state index in [-0.39, 0.29) is 5.92 Å². The minimum Gasteiger partial charge on any atom is -0.497 e. The van der Waals surface area contributed by atoms with E-state index in [9.17, 15) is 4.79 Å². The van der Waals surface area contributed by atoms with Crippen LogP contribution < -0.4 is 4.74 Å². The topological polar surface area (TPSA) is 26.3 Å². The number of hydrogen-bond acceptors (Lipinski definition) is 2. The van der Waals surface area contributed by atoms with Crippen molar-refractivity contribution in [1.82, 2.24) is 0 Å². The Morgan fingerprint density at radius 3 is 2.89 bits per heavy atom. The summed E-state index contributed by atoms with van der Waals surface area (Å²) in [4.78, 5) is 12.5. The first-order valence-corrected chi connectivity index (χ1v) is 6.67. The molecule has 0 spiro atoms. The molecule has 0 saturated carbocycles. The van der Waals surface area contributed by atoms with Gasteiger partial charge in [-0.1, -0.05) is 12.2 Å². The number of carbonyl (C=O) groups excluding carboxylic acids is 1. The van der Waals surface area contributed by atoms with Gasteiger partial charge in [0.15, 0.2) is 5.78 Å². The summed E-state index contributed by atoms with van der Waals surface area (Å²) in [7, 11) is 1.67. The lowest BCUT2D eigenvalue weighted by Gasteiger charge is -2.27. The molecular formula is C16H18O2. The zero-order valence-electron chi connectivity index (χ0n) is 10.7. The zero-order valence-corrected chi connectivity index (χ0v) is 10.7. The molecule has 2 nitrogen and oxygen atoms in total. The number of fused-ring (bicyclic) bond motifs is 1. The van der Waals surface area contributed by atoms with Crippen LogP contribution in [0.3, 0.4) is 0 Å². The van der Waals surface area contributed by atoms with E-state index in [1.54, 1.807) is 7.11 Å². The Labute approximate surface area is 108 Å². The maximum absolute atomic E-state index is 12.5. The average molecular weight is 242 g/mol. The number of benzene rings is 1. The van der Waals surface area contributed by atoms with E-state index in [2.05, 4.69) is 12.2 Å². The van der Waals surface area contributed by atoms with Crippen molar-refractivity contribution in [3.63, 3.8) is 0 Å². The van der Waals surface area contributed by atoms with E-state index in [1.165, 1.54) is 0 Å². The first-order valence-electron chi connectivity index (χ1n) is 6.67. The van der Waals surface area contributed by atoms with Gasteiger partial charge in [-0.15, -0.1) is 0 Å². The summed E-state index contributed by atoms with van der Waals surface area (Å²) in [6.45, 7) is 0. The third-order valence-corrected chi connectivity index (χ3v) is 4.21. The lowest BCUT2D eigenvalue weighted by atomic mass is 9.76. The van der Waals surface area contributed by atoms with E-state index >= 15 is 0 Å². The molecule has 0 unspecified atom stereocenters. The lowest BCUT2D eigenvalue weighted by Crippen LogP contribution is -2.27. The maximum Gasteiger partial charge on any atom is 0.166 e. The van der Waals surface area contributed by atoms with Crippen molar-refractivity contribution in [3.8, 4) is 5.75 Å². The highest BCUT2D eigenvalue weighted by Gasteiger charge is 2.33. The van der Waals surface area contributed by atoms with Crippen LogP contribution in [-0.2, 0) is 6.42 Å². The number of ether oxygens (including phenoxy) is 1. The Balaban J connectivity index is 1.89. The van der Waals surface area contributed by atoms with Crippen LogP contribution >= 0.6 is 0 Å². The van der Waals surface area contributed by atoms with Crippen molar-refractivity contribution in [2.45, 2.75) is 25.7 Å². The number of hydrogen-bond donors (Lipinski definition) is 0. The molecule has 2 aliphatic rings. The van der Waals surface area contributed by atoms with Gasteiger partial charge in [-0.3, -0.25) is 4.79 Å². The minimum absolute atomic E-state index is 0.199. The number of rotatable bonds is 2. The summed E-state index contributed by atoms with van der Waals surface area (Å²) < 4.78 is 5.22. The second-order valence-corrected chi connectivity index (χ2v) is 5.20. The van der Waals surface area contributed by atoms with Crippen molar-refractivity contribution in [1.29, 1.82) is 0 Å². The molecule has 18 heavy (non-hydrogen) atoms. The van der Waals surface area contributed by atoms with Gasteiger partial charge in [-0.2, -0.15) is 0 Å². The number of allylic oxidation sites excluding steroid dienone is 2. The molecule has 94 valence electrons. The third kappa shape index (κ3) is 1.86. The summed E-state index contributed by atoms with van der Waals surface area (Å²) in [5, 5.41) is 0. The van der Waals surface area contributed by atoms with Crippen LogP contribution in [0.25, 0.3) is 0 Å². The molecule has 1 aromatic carbocycles. The first-order chi connectivity index (χ1) is 8.79. The van der Waals surface area contributed by atoms with Gasteiger partial charge in [-0.05, 0) is 55.4 Å². The van der Waals surface area contributed by atoms with E-state index in [0.29, 0.717) is 11.7 Å².